The molecular weight excluding hydrogens is 331 g/mol. The molecule has 2 amide bonds. The third-order valence-corrected chi connectivity index (χ3v) is 4.89. The summed E-state index contributed by atoms with van der Waals surface area (Å²) in [6.45, 7) is 1.48. The smallest absolute Gasteiger partial charge is 0.248 e. The molecule has 1 heterocycles. The molecule has 1 fully saturated rings. The molecule has 0 aliphatic carbocycles. The van der Waals surface area contributed by atoms with Crippen LogP contribution in [0.5, 0.6) is 0 Å². The zero-order chi connectivity index (χ0) is 18.5. The van der Waals surface area contributed by atoms with Gasteiger partial charge in [0.1, 0.15) is 5.82 Å². The minimum absolute atomic E-state index is 0.114. The molecule has 1 aliphatic heterocycles. The van der Waals surface area contributed by atoms with E-state index in [2.05, 4.69) is 0 Å². The Morgan fingerprint density at radius 2 is 1.88 bits per heavy atom. The summed E-state index contributed by atoms with van der Waals surface area (Å²) in [6, 6.07) is 13.8. The Hall–Kier alpha value is -2.69. The number of amides is 2. The van der Waals surface area contributed by atoms with Crippen LogP contribution >= 0.6 is 0 Å². The first-order chi connectivity index (χ1) is 12.5. The van der Waals surface area contributed by atoms with Gasteiger partial charge >= 0.3 is 0 Å². The van der Waals surface area contributed by atoms with Crippen molar-refractivity contribution < 1.29 is 14.0 Å². The highest BCUT2D eigenvalue weighted by Crippen LogP contribution is 2.22. The van der Waals surface area contributed by atoms with E-state index in [1.54, 1.807) is 12.1 Å². The van der Waals surface area contributed by atoms with Gasteiger partial charge in [-0.15, -0.1) is 0 Å². The predicted octanol–water partition coefficient (Wildman–Crippen LogP) is 2.95. The molecule has 1 unspecified atom stereocenters. The summed E-state index contributed by atoms with van der Waals surface area (Å²) in [5.41, 5.74) is 7.76. The number of aryl methyl sites for hydroxylation is 1. The molecule has 0 bridgehead atoms. The molecule has 136 valence electrons. The molecular formula is C21H23FN2O2. The second-order valence-electron chi connectivity index (χ2n) is 6.89. The van der Waals surface area contributed by atoms with Gasteiger partial charge in [0, 0.05) is 25.1 Å². The molecule has 26 heavy (non-hydrogen) atoms. The zero-order valence-corrected chi connectivity index (χ0v) is 14.7. The predicted molar refractivity (Wildman–Crippen MR) is 98.1 cm³/mol. The van der Waals surface area contributed by atoms with Gasteiger partial charge in [0.05, 0.1) is 0 Å². The Morgan fingerprint density at radius 3 is 2.65 bits per heavy atom. The Bertz CT molecular complexity index is 806. The number of carbonyl (C=O) groups excluding carboxylic acids is 2. The molecule has 0 spiro atoms. The average Bonchev–Trinajstić information content (AvgIpc) is 3.08. The summed E-state index contributed by atoms with van der Waals surface area (Å²) in [6.07, 6.45) is 2.73. The van der Waals surface area contributed by atoms with Crippen molar-refractivity contribution in [3.63, 3.8) is 0 Å². The number of nitrogens with zero attached hydrogens (tertiary/aromatic N) is 1. The van der Waals surface area contributed by atoms with Crippen molar-refractivity contribution >= 4 is 11.8 Å². The van der Waals surface area contributed by atoms with Crippen LogP contribution in [0.25, 0.3) is 0 Å². The highest BCUT2D eigenvalue weighted by atomic mass is 19.1. The Balaban J connectivity index is 1.51. The standard InChI is InChI=1S/C21H23FN2O2/c22-19-6-2-3-15(13-19)7-8-20(25)24-10-9-17(14-24)11-16-4-1-5-18(12-16)21(23)26/h1-6,12-13,17H,7-11,14H2,(H2,23,26). The van der Waals surface area contributed by atoms with Crippen LogP contribution < -0.4 is 5.73 Å². The first kappa shape index (κ1) is 18.1. The van der Waals surface area contributed by atoms with E-state index in [4.69, 9.17) is 5.73 Å². The van der Waals surface area contributed by atoms with Gasteiger partial charge in [-0.1, -0.05) is 24.3 Å². The topological polar surface area (TPSA) is 63.4 Å². The van der Waals surface area contributed by atoms with Crippen molar-refractivity contribution in [3.05, 3.63) is 71.0 Å². The van der Waals surface area contributed by atoms with Gasteiger partial charge < -0.3 is 10.6 Å². The molecule has 2 aromatic rings. The van der Waals surface area contributed by atoms with Crippen LogP contribution in [0.2, 0.25) is 0 Å². The number of rotatable bonds is 6. The highest BCUT2D eigenvalue weighted by molar-refractivity contribution is 5.92. The van der Waals surface area contributed by atoms with E-state index in [0.29, 0.717) is 24.3 Å². The molecule has 4 nitrogen and oxygen atoms in total. The molecule has 0 saturated carbocycles. The Labute approximate surface area is 152 Å². The molecule has 0 aromatic heterocycles. The minimum Gasteiger partial charge on any atom is -0.366 e. The highest BCUT2D eigenvalue weighted by Gasteiger charge is 2.26. The van der Waals surface area contributed by atoms with Crippen molar-refractivity contribution in [3.8, 4) is 0 Å². The minimum atomic E-state index is -0.424. The molecule has 0 radical (unpaired) electrons. The molecule has 1 atom stereocenters. The summed E-state index contributed by atoms with van der Waals surface area (Å²) in [5.74, 6) is -0.194. The summed E-state index contributed by atoms with van der Waals surface area (Å²) >= 11 is 0. The maximum absolute atomic E-state index is 13.2. The van der Waals surface area contributed by atoms with Crippen molar-refractivity contribution in [1.29, 1.82) is 0 Å². The average molecular weight is 354 g/mol. The first-order valence-electron chi connectivity index (χ1n) is 8.92. The third kappa shape index (κ3) is 4.69. The van der Waals surface area contributed by atoms with Gasteiger partial charge in [-0.25, -0.2) is 4.39 Å². The van der Waals surface area contributed by atoms with Crippen molar-refractivity contribution in [2.75, 3.05) is 13.1 Å². The lowest BCUT2D eigenvalue weighted by atomic mass is 9.97. The van der Waals surface area contributed by atoms with Crippen LogP contribution in [0.1, 0.15) is 34.3 Å². The van der Waals surface area contributed by atoms with E-state index in [1.807, 2.05) is 29.2 Å². The van der Waals surface area contributed by atoms with E-state index in [0.717, 1.165) is 37.1 Å². The van der Waals surface area contributed by atoms with Gasteiger partial charge in [0.15, 0.2) is 0 Å². The third-order valence-electron chi connectivity index (χ3n) is 4.89. The van der Waals surface area contributed by atoms with E-state index in [-0.39, 0.29) is 11.7 Å². The normalized spacial score (nSPS) is 16.7. The number of hydrogen-bond acceptors (Lipinski definition) is 2. The summed E-state index contributed by atoms with van der Waals surface area (Å²) < 4.78 is 13.2. The monoisotopic (exact) mass is 354 g/mol. The molecule has 2 N–H and O–H groups in total. The van der Waals surface area contributed by atoms with Crippen LogP contribution in [0.15, 0.2) is 48.5 Å². The number of nitrogens with two attached hydrogens (primary N) is 1. The van der Waals surface area contributed by atoms with E-state index in [9.17, 15) is 14.0 Å². The summed E-state index contributed by atoms with van der Waals surface area (Å²) in [4.78, 5) is 25.6. The number of primary amides is 1. The van der Waals surface area contributed by atoms with Crippen LogP contribution in [-0.2, 0) is 17.6 Å². The number of carbonyl (C=O) groups is 2. The van der Waals surface area contributed by atoms with Crippen LogP contribution in [-0.4, -0.2) is 29.8 Å². The SMILES string of the molecule is NC(=O)c1cccc(CC2CCN(C(=O)CCc3cccc(F)c3)C2)c1. The number of likely N-dealkylation sites (tertiary alicyclic amines) is 1. The fraction of sp³-hybridized carbons (Fsp3) is 0.333. The molecule has 3 rings (SSSR count). The Kier molecular flexibility index (Phi) is 5.66. The number of benzene rings is 2. The van der Waals surface area contributed by atoms with Gasteiger partial charge in [0.25, 0.3) is 0 Å². The maximum Gasteiger partial charge on any atom is 0.248 e. The van der Waals surface area contributed by atoms with Gasteiger partial charge in [0.2, 0.25) is 11.8 Å². The lowest BCUT2D eigenvalue weighted by Crippen LogP contribution is -2.29. The van der Waals surface area contributed by atoms with E-state index < -0.39 is 5.91 Å². The van der Waals surface area contributed by atoms with Gasteiger partial charge in [-0.3, -0.25) is 9.59 Å². The quantitative estimate of drug-likeness (QED) is 0.867. The fourth-order valence-electron chi connectivity index (χ4n) is 3.51. The molecule has 1 aliphatic rings. The lowest BCUT2D eigenvalue weighted by molar-refractivity contribution is -0.130. The van der Waals surface area contributed by atoms with Crippen molar-refractivity contribution in [1.82, 2.24) is 4.90 Å². The molecule has 5 heteroatoms. The van der Waals surface area contributed by atoms with Gasteiger partial charge in [-0.05, 0) is 60.6 Å². The lowest BCUT2D eigenvalue weighted by Gasteiger charge is -2.17. The molecule has 1 saturated heterocycles. The maximum atomic E-state index is 13.2. The van der Waals surface area contributed by atoms with Crippen LogP contribution in [0.3, 0.4) is 0 Å². The van der Waals surface area contributed by atoms with E-state index in [1.165, 1.54) is 12.1 Å². The van der Waals surface area contributed by atoms with Crippen molar-refractivity contribution in [2.45, 2.75) is 25.7 Å². The number of halogens is 1. The van der Waals surface area contributed by atoms with Gasteiger partial charge in [-0.2, -0.15) is 0 Å². The number of hydrogen-bond donors (Lipinski definition) is 1. The van der Waals surface area contributed by atoms with Crippen LogP contribution in [0, 0.1) is 11.7 Å². The second-order valence-corrected chi connectivity index (χ2v) is 6.89. The second kappa shape index (κ2) is 8.13. The van der Waals surface area contributed by atoms with Crippen molar-refractivity contribution in [2.24, 2.45) is 11.7 Å². The molecule has 2 aromatic carbocycles. The summed E-state index contributed by atoms with van der Waals surface area (Å²) in [7, 11) is 0. The van der Waals surface area contributed by atoms with Crippen LogP contribution in [0.4, 0.5) is 4.39 Å². The Morgan fingerprint density at radius 1 is 1.12 bits per heavy atom. The first-order valence-corrected chi connectivity index (χ1v) is 8.92. The van der Waals surface area contributed by atoms with E-state index >= 15 is 0 Å². The zero-order valence-electron chi connectivity index (χ0n) is 14.7. The largest absolute Gasteiger partial charge is 0.366 e. The summed E-state index contributed by atoms with van der Waals surface area (Å²) in [5, 5.41) is 0. The fourth-order valence-corrected chi connectivity index (χ4v) is 3.51.